The molecule has 1 atom stereocenters. The lowest BCUT2D eigenvalue weighted by molar-refractivity contribution is -0.142. The third-order valence-corrected chi connectivity index (χ3v) is 3.46. The Morgan fingerprint density at radius 1 is 1.43 bits per heavy atom. The maximum Gasteiger partial charge on any atom is 0.308 e. The fourth-order valence-corrected chi connectivity index (χ4v) is 2.18. The van der Waals surface area contributed by atoms with Gasteiger partial charge in [-0.1, -0.05) is 32.0 Å². The second-order valence-electron chi connectivity index (χ2n) is 5.25. The molecule has 1 aromatic carbocycles. The molecule has 108 valence electrons. The van der Waals surface area contributed by atoms with Crippen LogP contribution in [-0.2, 0) is 4.79 Å². The van der Waals surface area contributed by atoms with Crippen LogP contribution in [-0.4, -0.2) is 22.6 Å². The molecule has 0 aliphatic rings. The highest BCUT2D eigenvalue weighted by atomic mass is 16.4. The molecule has 2 N–H and O–H groups in total. The average Bonchev–Trinajstić information content (AvgIpc) is 2.45. The first kappa shape index (κ1) is 14.8. The number of aromatic nitrogens is 1. The van der Waals surface area contributed by atoms with Gasteiger partial charge in [0.2, 0.25) is 0 Å². The Morgan fingerprint density at radius 3 is 2.76 bits per heavy atom. The van der Waals surface area contributed by atoms with E-state index in [-0.39, 0.29) is 12.5 Å². The lowest BCUT2D eigenvalue weighted by atomic mass is 9.96. The van der Waals surface area contributed by atoms with Crippen molar-refractivity contribution in [2.75, 3.05) is 11.9 Å². The van der Waals surface area contributed by atoms with Gasteiger partial charge >= 0.3 is 5.97 Å². The molecule has 1 unspecified atom stereocenters. The normalized spacial score (nSPS) is 12.1. The van der Waals surface area contributed by atoms with E-state index in [1.165, 1.54) is 0 Å². The van der Waals surface area contributed by atoms with Crippen LogP contribution < -0.4 is 5.32 Å². The van der Waals surface area contributed by atoms with Crippen LogP contribution in [0.4, 0.5) is 5.82 Å². The number of pyridine rings is 1. The smallest absolute Gasteiger partial charge is 0.308 e. The van der Waals surface area contributed by atoms with E-state index >= 15 is 0 Å². The van der Waals surface area contributed by atoms with Gasteiger partial charge in [-0.05, 0) is 18.1 Å². The van der Waals surface area contributed by atoms with Crippen LogP contribution in [0.1, 0.15) is 19.4 Å². The van der Waals surface area contributed by atoms with Gasteiger partial charge in [0, 0.05) is 11.9 Å². The SMILES string of the molecule is CC(C)C(CNc1cc(C#N)c2ccccc2n1)C(=O)O. The Hall–Kier alpha value is -2.61. The number of fused-ring (bicyclic) bond motifs is 1. The van der Waals surface area contributed by atoms with Crippen molar-refractivity contribution >= 4 is 22.7 Å². The molecular formula is C16H17N3O2. The molecule has 0 bridgehead atoms. The molecule has 0 saturated heterocycles. The minimum Gasteiger partial charge on any atom is -0.481 e. The van der Waals surface area contributed by atoms with Gasteiger partial charge in [0.05, 0.1) is 23.1 Å². The van der Waals surface area contributed by atoms with Crippen molar-refractivity contribution in [2.24, 2.45) is 11.8 Å². The van der Waals surface area contributed by atoms with Crippen LogP contribution in [0.2, 0.25) is 0 Å². The number of carboxylic acid groups (broad SMARTS) is 1. The third kappa shape index (κ3) is 3.29. The van der Waals surface area contributed by atoms with Gasteiger partial charge in [0.15, 0.2) is 0 Å². The van der Waals surface area contributed by atoms with E-state index in [4.69, 9.17) is 0 Å². The molecule has 0 amide bonds. The second kappa shape index (κ2) is 6.23. The van der Waals surface area contributed by atoms with E-state index < -0.39 is 11.9 Å². The number of hydrogen-bond acceptors (Lipinski definition) is 4. The fraction of sp³-hybridized carbons (Fsp3) is 0.312. The van der Waals surface area contributed by atoms with E-state index in [0.29, 0.717) is 11.4 Å². The fourth-order valence-electron chi connectivity index (χ4n) is 2.18. The van der Waals surface area contributed by atoms with Gasteiger partial charge in [-0.2, -0.15) is 5.26 Å². The molecule has 0 fully saturated rings. The minimum atomic E-state index is -0.834. The number of hydrogen-bond donors (Lipinski definition) is 2. The maximum atomic E-state index is 11.2. The number of para-hydroxylation sites is 1. The van der Waals surface area contributed by atoms with Crippen LogP contribution in [0, 0.1) is 23.2 Å². The molecular weight excluding hydrogens is 266 g/mol. The highest BCUT2D eigenvalue weighted by molar-refractivity contribution is 5.86. The van der Waals surface area contributed by atoms with Gasteiger partial charge in [-0.15, -0.1) is 0 Å². The largest absolute Gasteiger partial charge is 0.481 e. The summed E-state index contributed by atoms with van der Waals surface area (Å²) in [4.78, 5) is 15.6. The minimum absolute atomic E-state index is 0.0193. The monoisotopic (exact) mass is 283 g/mol. The standard InChI is InChI=1S/C16H17N3O2/c1-10(2)13(16(20)21)9-18-15-7-11(8-17)12-5-3-4-6-14(12)19-15/h3-7,10,13H,9H2,1-2H3,(H,18,19)(H,20,21). The first-order chi connectivity index (χ1) is 10.0. The summed E-state index contributed by atoms with van der Waals surface area (Å²) >= 11 is 0. The summed E-state index contributed by atoms with van der Waals surface area (Å²) in [7, 11) is 0. The number of carbonyl (C=O) groups is 1. The molecule has 0 aliphatic heterocycles. The van der Waals surface area contributed by atoms with Crippen LogP contribution >= 0.6 is 0 Å². The number of nitriles is 1. The highest BCUT2D eigenvalue weighted by Crippen LogP contribution is 2.21. The van der Waals surface area contributed by atoms with Crippen molar-refractivity contribution in [3.05, 3.63) is 35.9 Å². The third-order valence-electron chi connectivity index (χ3n) is 3.46. The molecule has 1 aromatic heterocycles. The maximum absolute atomic E-state index is 11.2. The molecule has 21 heavy (non-hydrogen) atoms. The van der Waals surface area contributed by atoms with Crippen molar-refractivity contribution < 1.29 is 9.90 Å². The summed E-state index contributed by atoms with van der Waals surface area (Å²) in [6.07, 6.45) is 0. The van der Waals surface area contributed by atoms with Crippen molar-refractivity contribution in [1.82, 2.24) is 4.98 Å². The van der Waals surface area contributed by atoms with Crippen molar-refractivity contribution in [3.8, 4) is 6.07 Å². The summed E-state index contributed by atoms with van der Waals surface area (Å²) in [5, 5.41) is 22.2. The number of carboxylic acids is 1. The quantitative estimate of drug-likeness (QED) is 0.881. The summed E-state index contributed by atoms with van der Waals surface area (Å²) in [6, 6.07) is 11.2. The number of nitrogens with one attached hydrogen (secondary N) is 1. The Morgan fingerprint density at radius 2 is 2.14 bits per heavy atom. The molecule has 5 heteroatoms. The van der Waals surface area contributed by atoms with Crippen molar-refractivity contribution in [2.45, 2.75) is 13.8 Å². The molecule has 0 radical (unpaired) electrons. The Bertz CT molecular complexity index is 704. The Balaban J connectivity index is 2.27. The zero-order valence-corrected chi connectivity index (χ0v) is 12.0. The lowest BCUT2D eigenvalue weighted by Crippen LogP contribution is -2.27. The summed E-state index contributed by atoms with van der Waals surface area (Å²) in [5.74, 6) is -0.786. The van der Waals surface area contributed by atoms with E-state index in [1.54, 1.807) is 6.07 Å². The Kier molecular flexibility index (Phi) is 4.39. The predicted octanol–water partition coefficient (Wildman–Crippen LogP) is 2.88. The molecule has 0 spiro atoms. The lowest BCUT2D eigenvalue weighted by Gasteiger charge is -2.17. The number of anilines is 1. The van der Waals surface area contributed by atoms with Gasteiger partial charge in [-0.25, -0.2) is 4.98 Å². The molecule has 1 heterocycles. The number of aliphatic carboxylic acids is 1. The van der Waals surface area contributed by atoms with Gasteiger partial charge < -0.3 is 10.4 Å². The topological polar surface area (TPSA) is 86.0 Å². The molecule has 0 saturated carbocycles. The van der Waals surface area contributed by atoms with Gasteiger partial charge in [-0.3, -0.25) is 4.79 Å². The first-order valence-electron chi connectivity index (χ1n) is 6.79. The van der Waals surface area contributed by atoms with Gasteiger partial charge in [0.25, 0.3) is 0 Å². The van der Waals surface area contributed by atoms with Crippen LogP contribution in [0.3, 0.4) is 0 Å². The van der Waals surface area contributed by atoms with Crippen molar-refractivity contribution in [3.63, 3.8) is 0 Å². The molecule has 2 aromatic rings. The number of benzene rings is 1. The number of rotatable bonds is 5. The highest BCUT2D eigenvalue weighted by Gasteiger charge is 2.21. The average molecular weight is 283 g/mol. The van der Waals surface area contributed by atoms with E-state index in [2.05, 4.69) is 16.4 Å². The molecule has 0 aliphatic carbocycles. The molecule has 2 rings (SSSR count). The summed E-state index contributed by atoms with van der Waals surface area (Å²) < 4.78 is 0. The van der Waals surface area contributed by atoms with Crippen LogP contribution in [0.15, 0.2) is 30.3 Å². The first-order valence-corrected chi connectivity index (χ1v) is 6.79. The second-order valence-corrected chi connectivity index (χ2v) is 5.25. The Labute approximate surface area is 123 Å². The van der Waals surface area contributed by atoms with Crippen molar-refractivity contribution in [1.29, 1.82) is 5.26 Å². The zero-order chi connectivity index (χ0) is 15.4. The van der Waals surface area contributed by atoms with Crippen LogP contribution in [0.25, 0.3) is 10.9 Å². The summed E-state index contributed by atoms with van der Waals surface area (Å²) in [6.45, 7) is 4.02. The van der Waals surface area contributed by atoms with E-state index in [1.807, 2.05) is 38.1 Å². The number of nitrogens with zero attached hydrogens (tertiary/aromatic N) is 2. The van der Waals surface area contributed by atoms with E-state index in [9.17, 15) is 15.2 Å². The summed E-state index contributed by atoms with van der Waals surface area (Å²) in [5.41, 5.74) is 1.25. The molecule has 5 nitrogen and oxygen atoms in total. The van der Waals surface area contributed by atoms with E-state index in [0.717, 1.165) is 10.9 Å². The van der Waals surface area contributed by atoms with Crippen LogP contribution in [0.5, 0.6) is 0 Å². The predicted molar refractivity (Wildman–Crippen MR) is 80.9 cm³/mol. The zero-order valence-electron chi connectivity index (χ0n) is 12.0. The van der Waals surface area contributed by atoms with Gasteiger partial charge in [0.1, 0.15) is 5.82 Å².